The minimum atomic E-state index is -0.383. The zero-order chi connectivity index (χ0) is 26.2. The number of carbonyl (C=O) groups excluding carboxylic acids is 2. The number of allylic oxidation sites excluding steroid dienone is 3. The van der Waals surface area contributed by atoms with Gasteiger partial charge in [0.1, 0.15) is 0 Å². The van der Waals surface area contributed by atoms with Gasteiger partial charge in [-0.05, 0) is 38.2 Å². The van der Waals surface area contributed by atoms with Gasteiger partial charge in [0, 0.05) is 32.2 Å². The fraction of sp³-hybridized carbons (Fsp3) is 0.517. The third-order valence-corrected chi connectivity index (χ3v) is 6.28. The van der Waals surface area contributed by atoms with Crippen molar-refractivity contribution in [2.45, 2.75) is 71.4 Å². The highest BCUT2D eigenvalue weighted by Gasteiger charge is 2.20. The van der Waals surface area contributed by atoms with E-state index in [1.165, 1.54) is 5.56 Å². The van der Waals surface area contributed by atoms with Gasteiger partial charge in [0.15, 0.2) is 0 Å². The fourth-order valence-corrected chi connectivity index (χ4v) is 3.91. The number of unbranched alkanes of at least 4 members (excludes halogenated alkanes) is 2. The van der Waals surface area contributed by atoms with Crippen LogP contribution < -0.4 is 16.4 Å². The molecule has 1 rings (SSSR count). The van der Waals surface area contributed by atoms with E-state index in [0.29, 0.717) is 6.42 Å². The van der Waals surface area contributed by atoms with Gasteiger partial charge in [-0.3, -0.25) is 9.59 Å². The van der Waals surface area contributed by atoms with Crippen molar-refractivity contribution in [1.29, 1.82) is 0 Å². The molecule has 0 aliphatic carbocycles. The van der Waals surface area contributed by atoms with Gasteiger partial charge in [-0.1, -0.05) is 81.0 Å². The number of ether oxygens (including phenoxy) is 1. The van der Waals surface area contributed by atoms with E-state index in [1.807, 2.05) is 37.3 Å². The number of methoxy groups -OCH3 is 1. The number of primary amides is 1. The predicted octanol–water partition coefficient (Wildman–Crippen LogP) is 4.67. The Kier molecular flexibility index (Phi) is 14.4. The van der Waals surface area contributed by atoms with Crippen LogP contribution in [-0.4, -0.2) is 38.1 Å². The van der Waals surface area contributed by atoms with Gasteiger partial charge in [0.05, 0.1) is 18.1 Å². The zero-order valence-corrected chi connectivity index (χ0v) is 22.2. The van der Waals surface area contributed by atoms with E-state index >= 15 is 0 Å². The molecule has 0 saturated heterocycles. The van der Waals surface area contributed by atoms with Crippen LogP contribution >= 0.6 is 0 Å². The summed E-state index contributed by atoms with van der Waals surface area (Å²) in [5.74, 6) is -0.458. The molecule has 0 saturated carbocycles. The van der Waals surface area contributed by atoms with E-state index in [-0.39, 0.29) is 35.8 Å². The average molecular weight is 484 g/mol. The first-order chi connectivity index (χ1) is 16.7. The third kappa shape index (κ3) is 12.4. The van der Waals surface area contributed by atoms with Crippen LogP contribution in [0.4, 0.5) is 0 Å². The van der Waals surface area contributed by atoms with Crippen LogP contribution in [0.1, 0.15) is 58.4 Å². The van der Waals surface area contributed by atoms with Gasteiger partial charge in [-0.25, -0.2) is 0 Å². The fourth-order valence-electron chi connectivity index (χ4n) is 3.91. The minimum Gasteiger partial charge on any atom is -0.382 e. The van der Waals surface area contributed by atoms with Gasteiger partial charge >= 0.3 is 0 Å². The Morgan fingerprint density at radius 1 is 1.11 bits per heavy atom. The molecule has 0 spiro atoms. The Balaban J connectivity index is 2.71. The van der Waals surface area contributed by atoms with E-state index in [1.54, 1.807) is 14.2 Å². The summed E-state index contributed by atoms with van der Waals surface area (Å²) >= 11 is 0. The van der Waals surface area contributed by atoms with Gasteiger partial charge in [-0.2, -0.15) is 0 Å². The van der Waals surface area contributed by atoms with Gasteiger partial charge in [0.25, 0.3) is 0 Å². The molecule has 1 aromatic rings. The number of nitrogens with two attached hydrogens (primary N) is 1. The molecule has 194 valence electrons. The maximum atomic E-state index is 11.9. The predicted molar refractivity (Wildman–Crippen MR) is 145 cm³/mol. The molecule has 0 aliphatic rings. The number of hydrogen-bond donors (Lipinski definition) is 3. The molecule has 6 nitrogen and oxygen atoms in total. The van der Waals surface area contributed by atoms with Crippen molar-refractivity contribution in [1.82, 2.24) is 10.6 Å². The average Bonchev–Trinajstić information content (AvgIpc) is 2.84. The van der Waals surface area contributed by atoms with E-state index in [2.05, 4.69) is 49.3 Å². The summed E-state index contributed by atoms with van der Waals surface area (Å²) in [4.78, 5) is 23.2. The summed E-state index contributed by atoms with van der Waals surface area (Å²) in [6.45, 7) is 10.2. The summed E-state index contributed by atoms with van der Waals surface area (Å²) in [5.41, 5.74) is 8.81. The summed E-state index contributed by atoms with van der Waals surface area (Å²) in [6.07, 6.45) is 11.2. The van der Waals surface area contributed by atoms with Crippen molar-refractivity contribution in [3.63, 3.8) is 0 Å². The van der Waals surface area contributed by atoms with Crippen molar-refractivity contribution in [3.05, 3.63) is 72.0 Å². The van der Waals surface area contributed by atoms with E-state index in [4.69, 9.17) is 10.5 Å². The summed E-state index contributed by atoms with van der Waals surface area (Å²) in [6, 6.07) is 10.1. The molecule has 4 unspecified atom stereocenters. The maximum absolute atomic E-state index is 11.9. The second-order valence-corrected chi connectivity index (χ2v) is 9.29. The lowest BCUT2D eigenvalue weighted by atomic mass is 9.94. The molecule has 4 N–H and O–H groups in total. The molecule has 1 aromatic carbocycles. The van der Waals surface area contributed by atoms with Gasteiger partial charge < -0.3 is 21.1 Å². The van der Waals surface area contributed by atoms with Crippen LogP contribution in [-0.2, 0) is 20.7 Å². The van der Waals surface area contributed by atoms with E-state index < -0.39 is 0 Å². The largest absolute Gasteiger partial charge is 0.382 e. The van der Waals surface area contributed by atoms with E-state index in [0.717, 1.165) is 43.4 Å². The van der Waals surface area contributed by atoms with Crippen LogP contribution in [0.5, 0.6) is 0 Å². The molecule has 0 bridgehead atoms. The molecule has 0 aromatic heterocycles. The summed E-state index contributed by atoms with van der Waals surface area (Å²) in [5, 5.41) is 6.01. The minimum absolute atomic E-state index is 0.0667. The molecule has 4 atom stereocenters. The molecule has 6 heteroatoms. The summed E-state index contributed by atoms with van der Waals surface area (Å²) in [7, 11) is 3.40. The number of hydrogen-bond acceptors (Lipinski definition) is 4. The van der Waals surface area contributed by atoms with E-state index in [9.17, 15) is 9.59 Å². The highest BCUT2D eigenvalue weighted by molar-refractivity contribution is 5.77. The van der Waals surface area contributed by atoms with Crippen molar-refractivity contribution in [2.75, 3.05) is 14.2 Å². The lowest BCUT2D eigenvalue weighted by molar-refractivity contribution is -0.122. The Morgan fingerprint density at radius 2 is 1.77 bits per heavy atom. The highest BCUT2D eigenvalue weighted by atomic mass is 16.5. The molecule has 2 amide bonds. The van der Waals surface area contributed by atoms with Crippen LogP contribution in [0.2, 0.25) is 0 Å². The smallest absolute Gasteiger partial charge is 0.222 e. The van der Waals surface area contributed by atoms with Crippen LogP contribution in [0.25, 0.3) is 0 Å². The Bertz CT molecular complexity index is 848. The van der Waals surface area contributed by atoms with Gasteiger partial charge in [0.2, 0.25) is 11.8 Å². The molecule has 0 heterocycles. The number of benzene rings is 1. The molecular weight excluding hydrogens is 438 g/mol. The SMILES string of the molecule is C=C(CCCCCC(=O)NC)NC(/C=C/C(C)=C/C(C)C(Cc1ccccc1)OC)C(C)C(N)=O. The lowest BCUT2D eigenvalue weighted by Gasteiger charge is -2.23. The van der Waals surface area contributed by atoms with Gasteiger partial charge in [-0.15, -0.1) is 0 Å². The maximum Gasteiger partial charge on any atom is 0.222 e. The number of rotatable bonds is 17. The molecule has 35 heavy (non-hydrogen) atoms. The zero-order valence-electron chi connectivity index (χ0n) is 22.2. The topological polar surface area (TPSA) is 93.4 Å². The number of amides is 2. The monoisotopic (exact) mass is 483 g/mol. The van der Waals surface area contributed by atoms with Crippen molar-refractivity contribution in [2.24, 2.45) is 17.6 Å². The first kappa shape index (κ1) is 30.2. The second kappa shape index (κ2) is 16.7. The molecular formula is C29H45N3O3. The number of nitrogens with one attached hydrogen (secondary N) is 2. The number of carbonyl (C=O) groups is 2. The summed E-state index contributed by atoms with van der Waals surface area (Å²) < 4.78 is 5.76. The van der Waals surface area contributed by atoms with Crippen LogP contribution in [0, 0.1) is 11.8 Å². The van der Waals surface area contributed by atoms with Crippen molar-refractivity contribution >= 4 is 11.8 Å². The van der Waals surface area contributed by atoms with Crippen LogP contribution in [0.3, 0.4) is 0 Å². The molecule has 0 aliphatic heterocycles. The van der Waals surface area contributed by atoms with Crippen molar-refractivity contribution < 1.29 is 14.3 Å². The third-order valence-electron chi connectivity index (χ3n) is 6.28. The Morgan fingerprint density at radius 3 is 2.37 bits per heavy atom. The first-order valence-corrected chi connectivity index (χ1v) is 12.6. The Hall–Kier alpha value is -2.86. The highest BCUT2D eigenvalue weighted by Crippen LogP contribution is 2.18. The molecule has 0 fully saturated rings. The van der Waals surface area contributed by atoms with Crippen molar-refractivity contribution in [3.8, 4) is 0 Å². The normalized spacial score (nSPS) is 15.3. The first-order valence-electron chi connectivity index (χ1n) is 12.6. The second-order valence-electron chi connectivity index (χ2n) is 9.29. The standard InChI is InChI=1S/C29H45N3O3/c1-21(19-22(2)27(35-6)20-25-14-10-8-11-15-25)17-18-26(24(4)29(30)34)32-23(3)13-9-7-12-16-28(33)31-5/h8,10-11,14-15,17-19,22,24,26-27,32H,3,7,9,12-13,16,20H2,1-2,4-6H3,(H2,30,34)(H,31,33)/b18-17+,21-19+. The van der Waals surface area contributed by atoms with Crippen LogP contribution in [0.15, 0.2) is 66.4 Å². The Labute approximate surface area is 212 Å². The quantitative estimate of drug-likeness (QED) is 0.222. The lowest BCUT2D eigenvalue weighted by Crippen LogP contribution is -2.39. The molecule has 0 radical (unpaired) electrons.